The van der Waals surface area contributed by atoms with Crippen LogP contribution in [0.2, 0.25) is 8.87 Å². The third kappa shape index (κ3) is 11.0. The smallest absolute Gasteiger partial charge is 0.274 e. The molecule has 0 fully saturated rings. The monoisotopic (exact) mass is 542 g/mol. The van der Waals surface area contributed by atoms with Crippen LogP contribution in [0, 0.1) is 20.2 Å². The summed E-state index contributed by atoms with van der Waals surface area (Å²) in [6.07, 6.45) is 0. The number of nitrogens with one attached hydrogen (secondary N) is 2. The molecule has 12 nitrogen and oxygen atoms in total. The number of benzene rings is 2. The summed E-state index contributed by atoms with van der Waals surface area (Å²) in [4.78, 5) is 40.8. The third-order valence-corrected chi connectivity index (χ3v) is 6.24. The molecule has 0 bridgehead atoms. The van der Waals surface area contributed by atoms with Crippen LogP contribution in [0.25, 0.3) is 0 Å². The SMILES string of the molecule is C[CH2][Sn][CH2]C.O=C(NO)c1ccc([N+](=O)[O-])cc1.O=C(NO)c1ccc([N+](=O)[O-])cc1. The Hall–Kier alpha value is -3.10. The topological polar surface area (TPSA) is 185 Å². The van der Waals surface area contributed by atoms with Crippen LogP contribution in [0.15, 0.2) is 48.5 Å². The molecule has 0 aromatic heterocycles. The predicted molar refractivity (Wildman–Crippen MR) is 111 cm³/mol. The van der Waals surface area contributed by atoms with Crippen molar-refractivity contribution < 1.29 is 29.9 Å². The average molecular weight is 541 g/mol. The van der Waals surface area contributed by atoms with E-state index in [9.17, 15) is 29.8 Å². The zero-order valence-corrected chi connectivity index (χ0v) is 19.6. The van der Waals surface area contributed by atoms with Gasteiger partial charge >= 0.3 is 43.9 Å². The number of carbonyl (C=O) groups excluding carboxylic acids is 2. The fourth-order valence-corrected chi connectivity index (χ4v) is 3.28. The van der Waals surface area contributed by atoms with Crippen molar-refractivity contribution >= 4 is 44.3 Å². The standard InChI is InChI=1S/2C7H6N2O4.2C2H5.Sn/c2*10-7(8-11)5-1-3-6(4-2-5)9(12)13;2*1-2;/h2*1-4,11H,(H,8,10);2*1H2,2H3;. The maximum atomic E-state index is 10.8. The van der Waals surface area contributed by atoms with Gasteiger partial charge in [-0.1, -0.05) is 0 Å². The summed E-state index contributed by atoms with van der Waals surface area (Å²) in [6, 6.07) is 9.76. The molecule has 13 heteroatoms. The van der Waals surface area contributed by atoms with Gasteiger partial charge in [-0.25, -0.2) is 11.0 Å². The van der Waals surface area contributed by atoms with Crippen LogP contribution >= 0.6 is 0 Å². The average Bonchev–Trinajstić information content (AvgIpc) is 2.79. The van der Waals surface area contributed by atoms with Gasteiger partial charge in [-0.2, -0.15) is 0 Å². The van der Waals surface area contributed by atoms with Crippen molar-refractivity contribution in [2.24, 2.45) is 0 Å². The number of hydrogen-bond acceptors (Lipinski definition) is 8. The molecule has 2 amide bonds. The van der Waals surface area contributed by atoms with Crippen molar-refractivity contribution in [3.05, 3.63) is 79.9 Å². The Kier molecular flexibility index (Phi) is 14.1. The zero-order chi connectivity index (χ0) is 23.8. The second kappa shape index (κ2) is 15.7. The number of carbonyl (C=O) groups is 2. The number of nitro benzene ring substituents is 2. The number of amides is 2. The molecule has 0 aliphatic heterocycles. The molecule has 31 heavy (non-hydrogen) atoms. The summed E-state index contributed by atoms with van der Waals surface area (Å²) in [5.74, 6) is -1.40. The summed E-state index contributed by atoms with van der Waals surface area (Å²) >= 11 is 0.218. The van der Waals surface area contributed by atoms with E-state index in [1.54, 1.807) is 0 Å². The first kappa shape index (κ1) is 27.9. The summed E-state index contributed by atoms with van der Waals surface area (Å²) in [6.45, 7) is 4.57. The van der Waals surface area contributed by atoms with Crippen LogP contribution in [0.4, 0.5) is 11.4 Å². The van der Waals surface area contributed by atoms with Gasteiger partial charge in [0.05, 0.1) is 9.85 Å². The van der Waals surface area contributed by atoms with Crippen molar-refractivity contribution in [2.75, 3.05) is 0 Å². The molecule has 4 N–H and O–H groups in total. The summed E-state index contributed by atoms with van der Waals surface area (Å²) in [5, 5.41) is 36.9. The quantitative estimate of drug-likeness (QED) is 0.186. The van der Waals surface area contributed by atoms with Gasteiger partial charge in [-0.3, -0.25) is 40.2 Å². The van der Waals surface area contributed by atoms with E-state index in [-0.39, 0.29) is 43.6 Å². The van der Waals surface area contributed by atoms with Gasteiger partial charge in [-0.05, 0) is 24.3 Å². The molecule has 0 heterocycles. The van der Waals surface area contributed by atoms with Crippen LogP contribution in [-0.4, -0.2) is 53.2 Å². The molecule has 2 radical (unpaired) electrons. The van der Waals surface area contributed by atoms with E-state index in [0.717, 1.165) is 0 Å². The first-order chi connectivity index (χ1) is 14.7. The van der Waals surface area contributed by atoms with E-state index in [4.69, 9.17) is 10.4 Å². The molecule has 0 spiro atoms. The summed E-state index contributed by atoms with van der Waals surface area (Å²) in [7, 11) is 0. The summed E-state index contributed by atoms with van der Waals surface area (Å²) < 4.78 is 3.03. The molecule has 166 valence electrons. The molecule has 0 saturated heterocycles. The third-order valence-electron chi connectivity index (χ3n) is 3.38. The largest absolute Gasteiger partial charge is 0.288 e. The number of nitro groups is 2. The minimum Gasteiger partial charge on any atom is -0.288 e. The first-order valence-electron chi connectivity index (χ1n) is 8.80. The number of non-ortho nitro benzene ring substituents is 2. The first-order valence-corrected chi connectivity index (χ1v) is 12.8. The van der Waals surface area contributed by atoms with E-state index >= 15 is 0 Å². The molecular formula is C18H22N4O8Sn. The second-order valence-corrected chi connectivity index (χ2v) is 10.9. The molecule has 0 saturated carbocycles. The van der Waals surface area contributed by atoms with Gasteiger partial charge in [0.25, 0.3) is 23.2 Å². The minimum absolute atomic E-state index is 0.102. The van der Waals surface area contributed by atoms with Crippen molar-refractivity contribution in [3.63, 3.8) is 0 Å². The van der Waals surface area contributed by atoms with Crippen LogP contribution in [-0.2, 0) is 0 Å². The maximum Gasteiger partial charge on any atom is 0.274 e. The molecule has 0 atom stereocenters. The van der Waals surface area contributed by atoms with E-state index in [1.165, 1.54) is 68.4 Å². The second-order valence-electron chi connectivity index (χ2n) is 5.45. The maximum absolute atomic E-state index is 10.8. The van der Waals surface area contributed by atoms with Gasteiger partial charge in [0.15, 0.2) is 0 Å². The van der Waals surface area contributed by atoms with E-state index < -0.39 is 21.7 Å². The van der Waals surface area contributed by atoms with Crippen LogP contribution in [0.3, 0.4) is 0 Å². The Labute approximate surface area is 187 Å². The summed E-state index contributed by atoms with van der Waals surface area (Å²) in [5.41, 5.74) is 2.96. The Morgan fingerprint density at radius 3 is 1.23 bits per heavy atom. The zero-order valence-electron chi connectivity index (χ0n) is 16.8. The fourth-order valence-electron chi connectivity index (χ4n) is 1.85. The Bertz CT molecular complexity index is 788. The Morgan fingerprint density at radius 2 is 1.06 bits per heavy atom. The van der Waals surface area contributed by atoms with Crippen molar-refractivity contribution in [1.82, 2.24) is 11.0 Å². The molecule has 0 aliphatic carbocycles. The molecule has 2 rings (SSSR count). The van der Waals surface area contributed by atoms with Crippen molar-refractivity contribution in [2.45, 2.75) is 22.7 Å². The van der Waals surface area contributed by atoms with E-state index in [1.807, 2.05) is 0 Å². The Morgan fingerprint density at radius 1 is 0.774 bits per heavy atom. The molecule has 0 aliphatic rings. The normalized spacial score (nSPS) is 9.16. The van der Waals surface area contributed by atoms with Gasteiger partial charge in [-0.15, -0.1) is 0 Å². The number of hydroxylamine groups is 2. The van der Waals surface area contributed by atoms with E-state index in [0.29, 0.717) is 0 Å². The fraction of sp³-hybridized carbons (Fsp3) is 0.222. The van der Waals surface area contributed by atoms with Crippen molar-refractivity contribution in [1.29, 1.82) is 0 Å². The molecule has 0 unspecified atom stereocenters. The van der Waals surface area contributed by atoms with Gasteiger partial charge in [0, 0.05) is 35.4 Å². The van der Waals surface area contributed by atoms with Crippen LogP contribution < -0.4 is 11.0 Å². The van der Waals surface area contributed by atoms with Gasteiger partial charge < -0.3 is 0 Å². The minimum atomic E-state index is -0.699. The molecule has 2 aromatic rings. The van der Waals surface area contributed by atoms with Gasteiger partial charge in [0.2, 0.25) is 0 Å². The molecular weight excluding hydrogens is 519 g/mol. The Balaban J connectivity index is 0.000000479. The van der Waals surface area contributed by atoms with Crippen molar-refractivity contribution in [3.8, 4) is 0 Å². The van der Waals surface area contributed by atoms with Crippen LogP contribution in [0.1, 0.15) is 34.6 Å². The van der Waals surface area contributed by atoms with Crippen LogP contribution in [0.5, 0.6) is 0 Å². The molecule has 2 aromatic carbocycles. The number of nitrogens with zero attached hydrogens (tertiary/aromatic N) is 2. The van der Waals surface area contributed by atoms with E-state index in [2.05, 4.69) is 13.8 Å². The van der Waals surface area contributed by atoms with Gasteiger partial charge in [0.1, 0.15) is 0 Å². The number of hydrogen-bond donors (Lipinski definition) is 4. The predicted octanol–water partition coefficient (Wildman–Crippen LogP) is 2.99. The number of rotatable bonds is 6.